The van der Waals surface area contributed by atoms with Crippen LogP contribution < -0.4 is 16.0 Å². The van der Waals surface area contributed by atoms with Gasteiger partial charge in [0.25, 0.3) is 11.8 Å². The maximum Gasteiger partial charge on any atom is 0.326 e. The number of imide groups is 1. The van der Waals surface area contributed by atoms with Gasteiger partial charge < -0.3 is 15.7 Å². The van der Waals surface area contributed by atoms with Crippen molar-refractivity contribution in [2.24, 2.45) is 0 Å². The fraction of sp³-hybridized carbons (Fsp3) is 0.412. The van der Waals surface area contributed by atoms with Gasteiger partial charge >= 0.3 is 12.0 Å². The van der Waals surface area contributed by atoms with Crippen LogP contribution >= 0.6 is 0 Å². The normalized spacial score (nSPS) is 20.6. The van der Waals surface area contributed by atoms with E-state index < -0.39 is 35.4 Å². The highest BCUT2D eigenvalue weighted by molar-refractivity contribution is 6.07. The lowest BCUT2D eigenvalue weighted by Gasteiger charge is -2.22. The van der Waals surface area contributed by atoms with Gasteiger partial charge in [0, 0.05) is 5.56 Å². The second-order valence-electron chi connectivity index (χ2n) is 6.12. The number of carbonyl (C=O) groups is 4. The van der Waals surface area contributed by atoms with Crippen LogP contribution in [0.4, 0.5) is 4.79 Å². The number of carbonyl (C=O) groups excluding carboxylic acids is 3. The van der Waals surface area contributed by atoms with Gasteiger partial charge in [-0.3, -0.25) is 14.9 Å². The van der Waals surface area contributed by atoms with Crippen LogP contribution in [0.5, 0.6) is 0 Å². The smallest absolute Gasteiger partial charge is 0.326 e. The Kier molecular flexibility index (Phi) is 5.41. The third-order valence-electron chi connectivity index (χ3n) is 4.20. The van der Waals surface area contributed by atoms with Gasteiger partial charge in [0.15, 0.2) is 0 Å². The van der Waals surface area contributed by atoms with Gasteiger partial charge in [-0.1, -0.05) is 31.9 Å². The Hall–Kier alpha value is -2.90. The molecule has 1 fully saturated rings. The second kappa shape index (κ2) is 7.33. The fourth-order valence-corrected chi connectivity index (χ4v) is 2.63. The van der Waals surface area contributed by atoms with Crippen LogP contribution in [-0.4, -0.2) is 35.0 Å². The Morgan fingerprint density at radius 3 is 2.60 bits per heavy atom. The van der Waals surface area contributed by atoms with E-state index in [2.05, 4.69) is 16.0 Å². The molecule has 1 aliphatic rings. The Labute approximate surface area is 145 Å². The molecule has 2 atom stereocenters. The lowest BCUT2D eigenvalue weighted by molar-refractivity contribution is -0.139. The van der Waals surface area contributed by atoms with E-state index in [1.807, 2.05) is 6.92 Å². The quantitative estimate of drug-likeness (QED) is 0.550. The average molecular weight is 347 g/mol. The Morgan fingerprint density at radius 1 is 1.32 bits per heavy atom. The largest absolute Gasteiger partial charge is 0.480 e. The fourth-order valence-electron chi connectivity index (χ4n) is 2.63. The number of nitrogens with one attached hydrogen (secondary N) is 3. The lowest BCUT2D eigenvalue weighted by atomic mass is 9.91. The highest BCUT2D eigenvalue weighted by Crippen LogP contribution is 2.25. The van der Waals surface area contributed by atoms with Crippen LogP contribution in [-0.2, 0) is 15.1 Å². The molecule has 1 heterocycles. The van der Waals surface area contributed by atoms with Crippen molar-refractivity contribution in [3.63, 3.8) is 0 Å². The summed E-state index contributed by atoms with van der Waals surface area (Å²) in [7, 11) is 0. The van der Waals surface area contributed by atoms with Gasteiger partial charge in [-0.05, 0) is 31.0 Å². The topological polar surface area (TPSA) is 125 Å². The molecule has 25 heavy (non-hydrogen) atoms. The van der Waals surface area contributed by atoms with Crippen LogP contribution in [0.15, 0.2) is 24.3 Å². The van der Waals surface area contributed by atoms with Crippen molar-refractivity contribution in [2.45, 2.75) is 44.7 Å². The predicted molar refractivity (Wildman–Crippen MR) is 88.9 cm³/mol. The van der Waals surface area contributed by atoms with Gasteiger partial charge in [0.2, 0.25) is 0 Å². The molecule has 0 spiro atoms. The van der Waals surface area contributed by atoms with Crippen molar-refractivity contribution < 1.29 is 24.3 Å². The minimum Gasteiger partial charge on any atom is -0.480 e. The van der Waals surface area contributed by atoms with Crippen molar-refractivity contribution in [2.75, 3.05) is 0 Å². The molecule has 2 rings (SSSR count). The maximum atomic E-state index is 12.4. The highest BCUT2D eigenvalue weighted by atomic mass is 16.4. The third-order valence-corrected chi connectivity index (χ3v) is 4.20. The van der Waals surface area contributed by atoms with Crippen molar-refractivity contribution in [3.05, 3.63) is 35.4 Å². The second-order valence-corrected chi connectivity index (χ2v) is 6.12. The molecular weight excluding hydrogens is 326 g/mol. The molecule has 0 aliphatic carbocycles. The molecule has 0 saturated carbocycles. The number of hydrogen-bond donors (Lipinski definition) is 4. The molecular formula is C17H21N3O5. The van der Waals surface area contributed by atoms with E-state index in [1.54, 1.807) is 12.1 Å². The van der Waals surface area contributed by atoms with Crippen molar-refractivity contribution in [3.8, 4) is 0 Å². The summed E-state index contributed by atoms with van der Waals surface area (Å²) in [6.07, 6.45) is 1.84. The predicted octanol–water partition coefficient (Wildman–Crippen LogP) is 1.11. The molecule has 1 aromatic carbocycles. The van der Waals surface area contributed by atoms with E-state index in [0.29, 0.717) is 18.4 Å². The molecule has 4 amide bonds. The summed E-state index contributed by atoms with van der Waals surface area (Å²) in [4.78, 5) is 47.0. The first-order valence-electron chi connectivity index (χ1n) is 8.05. The molecule has 1 saturated heterocycles. The van der Waals surface area contributed by atoms with Crippen molar-refractivity contribution >= 4 is 23.8 Å². The molecule has 1 aromatic rings. The first kappa shape index (κ1) is 18.4. The summed E-state index contributed by atoms with van der Waals surface area (Å²) >= 11 is 0. The van der Waals surface area contributed by atoms with Crippen LogP contribution in [0.2, 0.25) is 0 Å². The van der Waals surface area contributed by atoms with Gasteiger partial charge in [0.1, 0.15) is 11.6 Å². The van der Waals surface area contributed by atoms with Gasteiger partial charge in [-0.25, -0.2) is 9.59 Å². The van der Waals surface area contributed by atoms with Crippen LogP contribution in [0.3, 0.4) is 0 Å². The summed E-state index contributed by atoms with van der Waals surface area (Å²) in [5.74, 6) is -2.15. The minimum absolute atomic E-state index is 0.218. The number of carboxylic acids is 1. The zero-order valence-corrected chi connectivity index (χ0v) is 14.1. The zero-order valence-electron chi connectivity index (χ0n) is 14.1. The number of rotatable bonds is 7. The molecule has 0 radical (unpaired) electrons. The maximum absolute atomic E-state index is 12.4. The van der Waals surface area contributed by atoms with Gasteiger partial charge in [0.05, 0.1) is 0 Å². The number of amides is 4. The molecule has 4 N–H and O–H groups in total. The van der Waals surface area contributed by atoms with E-state index in [1.165, 1.54) is 19.1 Å². The van der Waals surface area contributed by atoms with E-state index in [9.17, 15) is 24.3 Å². The average Bonchev–Trinajstić information content (AvgIpc) is 2.84. The molecule has 8 heteroatoms. The highest BCUT2D eigenvalue weighted by Gasteiger charge is 2.43. The number of hydrogen-bond acceptors (Lipinski definition) is 4. The van der Waals surface area contributed by atoms with Crippen LogP contribution in [0.25, 0.3) is 0 Å². The first-order chi connectivity index (χ1) is 11.8. The lowest BCUT2D eigenvalue weighted by Crippen LogP contribution is -2.42. The van der Waals surface area contributed by atoms with Crippen LogP contribution in [0.1, 0.15) is 49.0 Å². The van der Waals surface area contributed by atoms with Crippen LogP contribution in [0, 0.1) is 0 Å². The van der Waals surface area contributed by atoms with Gasteiger partial charge in [-0.2, -0.15) is 0 Å². The van der Waals surface area contributed by atoms with Crippen molar-refractivity contribution in [1.82, 2.24) is 16.0 Å². The van der Waals surface area contributed by atoms with E-state index in [0.717, 1.165) is 6.42 Å². The molecule has 0 bridgehead atoms. The standard InChI is InChI=1S/C17H21N3O5/c1-3-4-8-12(14(22)23)18-13(21)10-6-5-7-11(9-10)17(2)15(24)19-16(25)20-17/h5-7,9,12H,3-4,8H2,1-2H3,(H,18,21)(H,22,23)(H2,19,20,24,25)/t12-,17?/m0/s1. The van der Waals surface area contributed by atoms with E-state index >= 15 is 0 Å². The number of benzene rings is 1. The number of urea groups is 1. The summed E-state index contributed by atoms with van der Waals surface area (Å²) in [6, 6.07) is 4.62. The summed E-state index contributed by atoms with van der Waals surface area (Å²) < 4.78 is 0. The minimum atomic E-state index is -1.28. The number of unbranched alkanes of at least 4 members (excludes halogenated alkanes) is 1. The molecule has 1 aliphatic heterocycles. The monoisotopic (exact) mass is 347 g/mol. The summed E-state index contributed by atoms with van der Waals surface area (Å²) in [6.45, 7) is 3.47. The third kappa shape index (κ3) is 3.96. The number of aliphatic carboxylic acids is 1. The molecule has 1 unspecified atom stereocenters. The molecule has 134 valence electrons. The molecule has 8 nitrogen and oxygen atoms in total. The van der Waals surface area contributed by atoms with E-state index in [4.69, 9.17) is 0 Å². The Bertz CT molecular complexity index is 718. The molecule has 0 aromatic heterocycles. The first-order valence-corrected chi connectivity index (χ1v) is 8.05. The van der Waals surface area contributed by atoms with E-state index in [-0.39, 0.29) is 5.56 Å². The Balaban J connectivity index is 2.20. The summed E-state index contributed by atoms with van der Waals surface area (Å²) in [5, 5.41) is 16.4. The van der Waals surface area contributed by atoms with Gasteiger partial charge in [-0.15, -0.1) is 0 Å². The van der Waals surface area contributed by atoms with Crippen molar-refractivity contribution in [1.29, 1.82) is 0 Å². The number of carboxylic acid groups (broad SMARTS) is 1. The SMILES string of the molecule is CCCC[C@H](NC(=O)c1cccc(C2(C)NC(=O)NC2=O)c1)C(=O)O. The Morgan fingerprint density at radius 2 is 2.04 bits per heavy atom. The summed E-state index contributed by atoms with van der Waals surface area (Å²) in [5.41, 5.74) is -0.624. The zero-order chi connectivity index (χ0) is 18.6.